The highest BCUT2D eigenvalue weighted by Crippen LogP contribution is 2.60. The van der Waals surface area contributed by atoms with Gasteiger partial charge in [0.25, 0.3) is 0 Å². The largest absolute Gasteiger partial charge is 0.456 e. The minimum atomic E-state index is -0.134. The predicted octanol–water partition coefficient (Wildman–Crippen LogP) is 39.3. The Hall–Kier alpha value is -19.3. The van der Waals surface area contributed by atoms with Crippen LogP contribution in [0.5, 0.6) is 0 Å². The Morgan fingerprint density at radius 3 is 0.804 bits per heavy atom. The van der Waals surface area contributed by atoms with Crippen LogP contribution in [-0.4, -0.2) is 13.7 Å². The fourth-order valence-electron chi connectivity index (χ4n) is 26.2. The molecule has 0 saturated heterocycles. The summed E-state index contributed by atoms with van der Waals surface area (Å²) in [4.78, 5) is 6.91. The third-order valence-electron chi connectivity index (χ3n) is 32.3. The average Bonchev–Trinajstić information content (AvgIpc) is 1.49. The van der Waals surface area contributed by atoms with E-state index in [9.17, 15) is 0 Å². The van der Waals surface area contributed by atoms with E-state index < -0.39 is 0 Å². The molecule has 1 aliphatic carbocycles. The van der Waals surface area contributed by atoms with Crippen molar-refractivity contribution >= 4 is 312 Å². The van der Waals surface area contributed by atoms with Crippen molar-refractivity contribution < 1.29 is 26.5 Å². The highest BCUT2D eigenvalue weighted by Gasteiger charge is 2.40. The van der Waals surface area contributed by atoms with E-state index in [2.05, 4.69) is 449 Å². The van der Waals surface area contributed by atoms with Gasteiger partial charge in [0.15, 0.2) is 0 Å². The molecule has 0 atom stereocenters. The fraction of sp³-hybridized carbons (Fsp3) is 0.0222. The van der Waals surface area contributed by atoms with Crippen LogP contribution >= 0.6 is 11.3 Å². The topological polar surface area (TPSA) is 103 Å². The quantitative estimate of drug-likeness (QED) is 0.118. The van der Waals surface area contributed by atoms with E-state index in [-0.39, 0.29) is 5.41 Å². The zero-order chi connectivity index (χ0) is 96.5. The first kappa shape index (κ1) is 80.2. The summed E-state index contributed by atoms with van der Waals surface area (Å²) in [7, 11) is 0. The van der Waals surface area contributed by atoms with Gasteiger partial charge in [-0.2, -0.15) is 0 Å². The van der Waals surface area contributed by atoms with Crippen LogP contribution in [0.1, 0.15) is 25.0 Å². The van der Waals surface area contributed by atoms with E-state index in [4.69, 9.17) is 26.5 Å². The molecule has 0 unspecified atom stereocenters. The van der Waals surface area contributed by atoms with Gasteiger partial charge >= 0.3 is 0 Å². The summed E-state index contributed by atoms with van der Waals surface area (Å²) in [5.74, 6) is 0. The summed E-state index contributed by atoms with van der Waals surface area (Å²) in [5, 5.41) is 31.5. The average molecular weight is 1910 g/mol. The molecule has 0 amide bonds. The summed E-state index contributed by atoms with van der Waals surface area (Å²) in [6, 6.07) is 156. The number of aromatic nitrogens is 3. The van der Waals surface area contributed by atoms with Crippen molar-refractivity contribution in [2.45, 2.75) is 19.3 Å². The van der Waals surface area contributed by atoms with Gasteiger partial charge in [0.05, 0.1) is 33.1 Å². The summed E-state index contributed by atoms with van der Waals surface area (Å²) in [5.41, 5.74) is 33.7. The Morgan fingerprint density at radius 2 is 0.432 bits per heavy atom. The molecular formula is C135H78N6O6S. The first-order valence-corrected chi connectivity index (χ1v) is 51.3. The Kier molecular flexibility index (Phi) is 16.0. The van der Waals surface area contributed by atoms with Gasteiger partial charge in [0.1, 0.15) is 67.0 Å². The maximum Gasteiger partial charge on any atom is 0.136 e. The SMILES string of the molecule is CC1(C)c2ccc3oc4ccc5c6c4c3c2c2c1ccc1oc3ccc(c6c3c12)n5-c1ccc(N(c2ccccc2)c2ccccc2)cc1.c1ccc(N(c2ccccc2)c2ccc(-n3c4ccc5oc6ccc7oc8ccc9oc%10ccc3c3c%10c9c8c7c6c5c34)cc2)cc1.c1ccc(N(c2ccccc2)c2ccc(-n3c4cccc5c6cc7c(cc6c6cccc8sc9ccc3c(c9c86)c54)oc3ccccc37)cc2)cc1. The summed E-state index contributed by atoms with van der Waals surface area (Å²) in [6.45, 7) is 4.70. The van der Waals surface area contributed by atoms with Crippen LogP contribution in [0.25, 0.3) is 267 Å². The monoisotopic (exact) mass is 1910 g/mol. The molecule has 35 aromatic rings. The van der Waals surface area contributed by atoms with Crippen molar-refractivity contribution in [3.63, 3.8) is 0 Å². The number of furan rings is 6. The molecule has 12 nitrogen and oxygen atoms in total. The first-order valence-electron chi connectivity index (χ1n) is 50.5. The van der Waals surface area contributed by atoms with Gasteiger partial charge in [-0.25, -0.2) is 0 Å². The van der Waals surface area contributed by atoms with Crippen LogP contribution in [0.2, 0.25) is 0 Å². The number of thiophene rings is 1. The molecule has 148 heavy (non-hydrogen) atoms. The molecule has 13 heteroatoms. The second kappa shape index (κ2) is 29.5. The summed E-state index contributed by atoms with van der Waals surface area (Å²) >= 11 is 1.89. The molecule has 10 aromatic heterocycles. The minimum Gasteiger partial charge on any atom is -0.456 e. The van der Waals surface area contributed by atoms with Crippen molar-refractivity contribution in [1.82, 2.24) is 13.7 Å². The molecule has 0 saturated carbocycles. The molecule has 36 rings (SSSR count). The first-order chi connectivity index (χ1) is 73.2. The van der Waals surface area contributed by atoms with E-state index in [1.54, 1.807) is 0 Å². The van der Waals surface area contributed by atoms with Crippen molar-refractivity contribution in [3.8, 4) is 17.1 Å². The standard InChI is InChI=1S/C48H28N2OS.C45H28N2O2.C42H22N2O3/c1-3-11-29(12-4-1)49(30-13-5-2-6-14-30)31-21-23-32(24-22-31)50-39-18-9-16-34-36-27-38-33-15-7-8-19-41(33)51-42(38)28-37(36)35-17-10-20-43-46(35)48-44(52-43)26-25-40(50)47(48)45(34)39;1-45(2)29-17-21-33-41-37(29)38-30(45)18-22-34-42(38)44-36(49-34)24-20-32-40(44)39-31(19-23-35(48-33)43(39)41)47(32)28-15-13-27(14-16-28)46(25-9-5-3-6-10-25)26-11-7-4-8-12-26;1-3-7-23(8-4-1)43(24-9-5-2-6-10-24)25-11-13-26(14-12-25)44-27-15-17-29-37-35(27)36-28(44)16-18-30-38(36)40-32(46-30)20-22-34-42(40)41-33(47-34)21-19-31(45-29)39(37)41/h1-28H;3-24H,1-2H3;1-22H. The van der Waals surface area contributed by atoms with Crippen molar-refractivity contribution in [1.29, 1.82) is 0 Å². The molecule has 0 spiro atoms. The fourth-order valence-corrected chi connectivity index (χ4v) is 27.4. The van der Waals surface area contributed by atoms with E-state index >= 15 is 0 Å². The zero-order valence-electron chi connectivity index (χ0n) is 79.6. The van der Waals surface area contributed by atoms with Crippen molar-refractivity contribution in [2.24, 2.45) is 0 Å². The number of rotatable bonds is 12. The lowest BCUT2D eigenvalue weighted by Gasteiger charge is -2.25. The molecular weight excluding hydrogens is 1830 g/mol. The molecule has 0 N–H and O–H groups in total. The Labute approximate surface area is 845 Å². The van der Waals surface area contributed by atoms with Gasteiger partial charge in [-0.3, -0.25) is 0 Å². The Balaban J connectivity index is 0.0000000950. The third-order valence-corrected chi connectivity index (χ3v) is 33.4. The van der Waals surface area contributed by atoms with Gasteiger partial charge in [0, 0.05) is 191 Å². The minimum absolute atomic E-state index is 0.134. The highest BCUT2D eigenvalue weighted by atomic mass is 32.1. The smallest absolute Gasteiger partial charge is 0.136 e. The normalized spacial score (nSPS) is 13.0. The number of fused-ring (bicyclic) bond motifs is 6. The number of hydrogen-bond acceptors (Lipinski definition) is 10. The van der Waals surface area contributed by atoms with E-state index in [0.29, 0.717) is 0 Å². The summed E-state index contributed by atoms with van der Waals surface area (Å²) in [6.07, 6.45) is 0. The van der Waals surface area contributed by atoms with Crippen LogP contribution < -0.4 is 14.7 Å². The lowest BCUT2D eigenvalue weighted by atomic mass is 9.81. The van der Waals surface area contributed by atoms with Gasteiger partial charge in [-0.15, -0.1) is 11.3 Å². The van der Waals surface area contributed by atoms with E-state index in [1.807, 2.05) is 41.7 Å². The number of anilines is 9. The van der Waals surface area contributed by atoms with Crippen LogP contribution in [0.15, 0.2) is 463 Å². The number of nitrogens with zero attached hydrogens (tertiary/aromatic N) is 6. The van der Waals surface area contributed by atoms with Crippen LogP contribution in [-0.2, 0) is 5.41 Å². The predicted molar refractivity (Wildman–Crippen MR) is 615 cm³/mol. The summed E-state index contributed by atoms with van der Waals surface area (Å²) < 4.78 is 49.3. The number of hydrogen-bond donors (Lipinski definition) is 0. The molecule has 0 fully saturated rings. The van der Waals surface area contributed by atoms with Crippen LogP contribution in [0, 0.1) is 0 Å². The van der Waals surface area contributed by atoms with Crippen molar-refractivity contribution in [3.05, 3.63) is 448 Å². The maximum atomic E-state index is 6.68. The van der Waals surface area contributed by atoms with Gasteiger partial charge in [0.2, 0.25) is 0 Å². The van der Waals surface area contributed by atoms with Gasteiger partial charge in [-0.1, -0.05) is 178 Å². The molecule has 0 radical (unpaired) electrons. The molecule has 1 aliphatic rings. The molecule has 0 bridgehead atoms. The highest BCUT2D eigenvalue weighted by molar-refractivity contribution is 7.26. The van der Waals surface area contributed by atoms with Crippen LogP contribution in [0.3, 0.4) is 0 Å². The molecule has 0 aliphatic heterocycles. The Bertz CT molecular complexity index is 11200. The molecule has 690 valence electrons. The van der Waals surface area contributed by atoms with E-state index in [0.717, 1.165) is 200 Å². The lowest BCUT2D eigenvalue weighted by Crippen LogP contribution is -2.15. The third kappa shape index (κ3) is 10.8. The lowest BCUT2D eigenvalue weighted by molar-refractivity contribution is 0.656. The number of benzene rings is 22. The molecule has 25 aromatic carbocycles. The zero-order valence-corrected chi connectivity index (χ0v) is 80.4. The maximum absolute atomic E-state index is 6.68. The molecule has 10 heterocycles. The van der Waals surface area contributed by atoms with Crippen LogP contribution in [0.4, 0.5) is 51.2 Å². The van der Waals surface area contributed by atoms with Gasteiger partial charge in [-0.05, 0) is 316 Å². The number of para-hydroxylation sites is 7. The second-order valence-electron chi connectivity index (χ2n) is 40.2. The van der Waals surface area contributed by atoms with E-state index in [1.165, 1.54) is 129 Å². The second-order valence-corrected chi connectivity index (χ2v) is 41.3. The van der Waals surface area contributed by atoms with Gasteiger partial charge < -0.3 is 54.9 Å². The Morgan fingerprint density at radius 1 is 0.169 bits per heavy atom. The van der Waals surface area contributed by atoms with Crippen molar-refractivity contribution in [2.75, 3.05) is 14.7 Å².